The molecule has 1 aromatic carbocycles. The summed E-state index contributed by atoms with van der Waals surface area (Å²) in [5.41, 5.74) is 1.02. The van der Waals surface area contributed by atoms with Gasteiger partial charge in [-0.25, -0.2) is 4.79 Å². The summed E-state index contributed by atoms with van der Waals surface area (Å²) in [5, 5.41) is 22.5. The lowest BCUT2D eigenvalue weighted by molar-refractivity contribution is -0.125. The lowest BCUT2D eigenvalue weighted by Crippen LogP contribution is -2.41. The summed E-state index contributed by atoms with van der Waals surface area (Å²) in [6, 6.07) is 6.51. The molecule has 2 amide bonds. The monoisotopic (exact) mass is 470 g/mol. The van der Waals surface area contributed by atoms with E-state index in [1.165, 1.54) is 6.07 Å². The van der Waals surface area contributed by atoms with Crippen molar-refractivity contribution in [3.05, 3.63) is 35.5 Å². The van der Waals surface area contributed by atoms with E-state index in [1.54, 1.807) is 12.1 Å². The van der Waals surface area contributed by atoms with Crippen molar-refractivity contribution in [3.8, 4) is 11.5 Å². The summed E-state index contributed by atoms with van der Waals surface area (Å²) in [6.07, 6.45) is 3.21. The third-order valence-corrected chi connectivity index (χ3v) is 6.27. The summed E-state index contributed by atoms with van der Waals surface area (Å²) in [4.78, 5) is 35.6. The summed E-state index contributed by atoms with van der Waals surface area (Å²) < 4.78 is 11.3. The Kier molecular flexibility index (Phi) is 7.04. The average molecular weight is 471 g/mol. The number of alkyl carbamates (subject to hydrolysis) is 1. The molecule has 10 nitrogen and oxygen atoms in total. The van der Waals surface area contributed by atoms with Crippen LogP contribution >= 0.6 is 0 Å². The lowest BCUT2D eigenvalue weighted by Gasteiger charge is -2.34. The van der Waals surface area contributed by atoms with Crippen LogP contribution in [0.15, 0.2) is 24.3 Å². The first kappa shape index (κ1) is 23.6. The van der Waals surface area contributed by atoms with Crippen LogP contribution in [0.5, 0.6) is 11.5 Å². The summed E-state index contributed by atoms with van der Waals surface area (Å²) >= 11 is 0. The van der Waals surface area contributed by atoms with Crippen molar-refractivity contribution in [1.29, 1.82) is 0 Å². The third kappa shape index (κ3) is 5.49. The highest BCUT2D eigenvalue weighted by atomic mass is 16.6. The van der Waals surface area contributed by atoms with Crippen molar-refractivity contribution in [1.82, 2.24) is 15.5 Å². The van der Waals surface area contributed by atoms with E-state index in [2.05, 4.69) is 20.8 Å². The van der Waals surface area contributed by atoms with Gasteiger partial charge in [0.25, 0.3) is 0 Å². The van der Waals surface area contributed by atoms with E-state index in [1.807, 2.05) is 19.9 Å². The zero-order chi connectivity index (χ0) is 24.2. The number of carbonyl (C=O) groups is 3. The standard InChI is InChI=1S/C24H30N4O6/c1-13(2)25-24(32)34-16-7-6-14(8-16)19-11-22(28-27-19)26-23(31)15-9-17(10-15)33-21-5-3-4-20(30)18(21)12-29/h3-5,11-17,30H,6-10H2,1-2H3,(H,25,32)(H2,26,27,28,31). The van der Waals surface area contributed by atoms with Gasteiger partial charge in [-0.3, -0.25) is 14.7 Å². The van der Waals surface area contributed by atoms with Crippen LogP contribution in [0.4, 0.5) is 10.6 Å². The van der Waals surface area contributed by atoms with Crippen LogP contribution in [0.3, 0.4) is 0 Å². The topological polar surface area (TPSA) is 143 Å². The van der Waals surface area contributed by atoms with E-state index in [0.29, 0.717) is 37.1 Å². The number of H-pyrrole nitrogens is 1. The fourth-order valence-electron chi connectivity index (χ4n) is 4.40. The molecule has 2 aliphatic rings. The van der Waals surface area contributed by atoms with Crippen LogP contribution in [0.25, 0.3) is 0 Å². The zero-order valence-corrected chi connectivity index (χ0v) is 19.2. The number of aldehydes is 1. The van der Waals surface area contributed by atoms with Gasteiger partial charge in [0.05, 0.1) is 5.56 Å². The Morgan fingerprint density at radius 1 is 1.21 bits per heavy atom. The van der Waals surface area contributed by atoms with Crippen molar-refractivity contribution in [2.24, 2.45) is 5.92 Å². The van der Waals surface area contributed by atoms with Crippen molar-refractivity contribution in [3.63, 3.8) is 0 Å². The van der Waals surface area contributed by atoms with Crippen LogP contribution in [0.1, 0.15) is 67.9 Å². The molecule has 2 aromatic rings. The third-order valence-electron chi connectivity index (χ3n) is 6.27. The number of benzene rings is 1. The van der Waals surface area contributed by atoms with Gasteiger partial charge in [0.1, 0.15) is 23.7 Å². The van der Waals surface area contributed by atoms with Gasteiger partial charge < -0.3 is 25.2 Å². The van der Waals surface area contributed by atoms with Crippen molar-refractivity contribution in [2.75, 3.05) is 5.32 Å². The van der Waals surface area contributed by atoms with Crippen LogP contribution in [0.2, 0.25) is 0 Å². The smallest absolute Gasteiger partial charge is 0.407 e. The molecule has 0 aliphatic heterocycles. The van der Waals surface area contributed by atoms with Gasteiger partial charge in [-0.05, 0) is 58.1 Å². The van der Waals surface area contributed by atoms with Gasteiger partial charge in [0, 0.05) is 29.6 Å². The molecule has 4 N–H and O–H groups in total. The molecule has 1 aromatic heterocycles. The number of ether oxygens (including phenoxy) is 2. The lowest BCUT2D eigenvalue weighted by atomic mass is 9.81. The number of aromatic nitrogens is 2. The van der Waals surface area contributed by atoms with Gasteiger partial charge >= 0.3 is 6.09 Å². The molecule has 0 spiro atoms. The molecular formula is C24H30N4O6. The molecule has 34 heavy (non-hydrogen) atoms. The molecule has 2 fully saturated rings. The maximum atomic E-state index is 12.6. The highest BCUT2D eigenvalue weighted by Gasteiger charge is 2.37. The molecule has 1 heterocycles. The Balaban J connectivity index is 1.23. The van der Waals surface area contributed by atoms with E-state index in [-0.39, 0.29) is 47.3 Å². The second kappa shape index (κ2) is 10.1. The van der Waals surface area contributed by atoms with Crippen LogP contribution in [0, 0.1) is 5.92 Å². The number of carbonyl (C=O) groups excluding carboxylic acids is 3. The molecule has 2 aliphatic carbocycles. The number of hydrogen-bond donors (Lipinski definition) is 4. The number of anilines is 1. The second-order valence-corrected chi connectivity index (χ2v) is 9.25. The van der Waals surface area contributed by atoms with E-state index >= 15 is 0 Å². The maximum absolute atomic E-state index is 12.6. The summed E-state index contributed by atoms with van der Waals surface area (Å²) in [7, 11) is 0. The van der Waals surface area contributed by atoms with Gasteiger partial charge in [0.15, 0.2) is 12.1 Å². The van der Waals surface area contributed by atoms with Crippen molar-refractivity contribution < 1.29 is 29.0 Å². The van der Waals surface area contributed by atoms with Gasteiger partial charge in [-0.15, -0.1) is 0 Å². The highest BCUT2D eigenvalue weighted by Crippen LogP contribution is 2.37. The summed E-state index contributed by atoms with van der Waals surface area (Å²) in [5.74, 6) is 0.479. The molecular weight excluding hydrogens is 440 g/mol. The highest BCUT2D eigenvalue weighted by molar-refractivity contribution is 5.92. The molecule has 0 bridgehead atoms. The zero-order valence-electron chi connectivity index (χ0n) is 19.2. The molecule has 182 valence electrons. The molecule has 2 atom stereocenters. The fraction of sp³-hybridized carbons (Fsp3) is 0.500. The number of phenols is 1. The average Bonchev–Trinajstić information content (AvgIpc) is 3.39. The number of nitrogens with one attached hydrogen (secondary N) is 3. The number of phenolic OH excluding ortho intramolecular Hbond substituents is 1. The normalized spacial score (nSPS) is 23.7. The van der Waals surface area contributed by atoms with E-state index < -0.39 is 6.09 Å². The van der Waals surface area contributed by atoms with E-state index in [4.69, 9.17) is 9.47 Å². The minimum atomic E-state index is -0.396. The summed E-state index contributed by atoms with van der Waals surface area (Å²) in [6.45, 7) is 3.77. The predicted octanol–water partition coefficient (Wildman–Crippen LogP) is 3.49. The molecule has 0 radical (unpaired) electrons. The molecule has 2 unspecified atom stereocenters. The first-order chi connectivity index (χ1) is 16.3. The number of aromatic hydroxyl groups is 1. The molecule has 4 rings (SSSR count). The Labute approximate surface area is 197 Å². The predicted molar refractivity (Wildman–Crippen MR) is 123 cm³/mol. The van der Waals surface area contributed by atoms with Gasteiger partial charge in [0.2, 0.25) is 5.91 Å². The minimum absolute atomic E-state index is 0.0292. The number of hydrogen-bond acceptors (Lipinski definition) is 7. The number of aromatic amines is 1. The van der Waals surface area contributed by atoms with Gasteiger partial charge in [-0.1, -0.05) is 6.07 Å². The molecule has 10 heteroatoms. The van der Waals surface area contributed by atoms with Crippen molar-refractivity contribution in [2.45, 2.75) is 70.1 Å². The fourth-order valence-corrected chi connectivity index (χ4v) is 4.40. The first-order valence-corrected chi connectivity index (χ1v) is 11.6. The Bertz CT molecular complexity index is 1050. The van der Waals surface area contributed by atoms with Crippen LogP contribution in [-0.4, -0.2) is 51.8 Å². The van der Waals surface area contributed by atoms with E-state index in [0.717, 1.165) is 18.5 Å². The first-order valence-electron chi connectivity index (χ1n) is 11.6. The maximum Gasteiger partial charge on any atom is 0.407 e. The largest absolute Gasteiger partial charge is 0.507 e. The second-order valence-electron chi connectivity index (χ2n) is 9.25. The van der Waals surface area contributed by atoms with E-state index in [9.17, 15) is 19.5 Å². The number of amides is 2. The Hall–Kier alpha value is -3.56. The van der Waals surface area contributed by atoms with Crippen LogP contribution in [-0.2, 0) is 9.53 Å². The quantitative estimate of drug-likeness (QED) is 0.433. The number of rotatable bonds is 8. The Morgan fingerprint density at radius 3 is 2.74 bits per heavy atom. The molecule has 0 saturated heterocycles. The number of nitrogens with zero attached hydrogens (tertiary/aromatic N) is 1. The minimum Gasteiger partial charge on any atom is -0.507 e. The molecule has 2 saturated carbocycles. The SMILES string of the molecule is CC(C)NC(=O)OC1CCC(c2cc(NC(=O)C3CC(Oc4cccc(O)c4C=O)C3)n[nH]2)C1. The Morgan fingerprint density at radius 2 is 2.00 bits per heavy atom. The van der Waals surface area contributed by atoms with Gasteiger partial charge in [-0.2, -0.15) is 5.10 Å². The van der Waals surface area contributed by atoms with Crippen molar-refractivity contribution >= 4 is 24.1 Å². The van der Waals surface area contributed by atoms with Crippen LogP contribution < -0.4 is 15.4 Å².